The number of fused-ring (bicyclic) bond motifs is 1. The lowest BCUT2D eigenvalue weighted by atomic mass is 10.1. The summed E-state index contributed by atoms with van der Waals surface area (Å²) < 4.78 is 52.4. The summed E-state index contributed by atoms with van der Waals surface area (Å²) in [6.45, 7) is 1.87. The van der Waals surface area contributed by atoms with E-state index in [2.05, 4.69) is 4.98 Å². The molecule has 3 heterocycles. The molecule has 0 unspecified atom stereocenters. The van der Waals surface area contributed by atoms with Gasteiger partial charge >= 0.3 is 0 Å². The van der Waals surface area contributed by atoms with Crippen LogP contribution in [0.4, 0.5) is 4.39 Å². The Kier molecular flexibility index (Phi) is 5.82. The molecule has 0 saturated carbocycles. The lowest BCUT2D eigenvalue weighted by Crippen LogP contribution is -2.45. The smallest absolute Gasteiger partial charge is 0.217 e. The highest BCUT2D eigenvalue weighted by Crippen LogP contribution is 2.28. The van der Waals surface area contributed by atoms with Crippen LogP contribution in [0.5, 0.6) is 5.75 Å². The van der Waals surface area contributed by atoms with Crippen LogP contribution in [-0.2, 0) is 27.8 Å². The van der Waals surface area contributed by atoms with E-state index in [1.807, 2.05) is 29.2 Å². The Hall–Kier alpha value is -2.07. The molecule has 0 aliphatic carbocycles. The minimum atomic E-state index is -3.47. The first-order valence-electron chi connectivity index (χ1n) is 9.51. The van der Waals surface area contributed by atoms with Crippen molar-refractivity contribution in [2.45, 2.75) is 25.2 Å². The number of nitrogens with zero attached hydrogens (tertiary/aromatic N) is 3. The number of methoxy groups -OCH3 is 1. The number of pyridine rings is 1. The maximum absolute atomic E-state index is 14.0. The molecular formula is C20H24FN3O4S. The molecule has 2 aliphatic heterocycles. The highest BCUT2D eigenvalue weighted by atomic mass is 32.2. The molecule has 2 aliphatic rings. The van der Waals surface area contributed by atoms with Crippen molar-refractivity contribution in [2.75, 3.05) is 32.6 Å². The van der Waals surface area contributed by atoms with Crippen LogP contribution in [0.3, 0.4) is 0 Å². The maximum atomic E-state index is 14.0. The minimum absolute atomic E-state index is 0.0326. The quantitative estimate of drug-likeness (QED) is 0.731. The van der Waals surface area contributed by atoms with Gasteiger partial charge in [0.2, 0.25) is 10.0 Å². The van der Waals surface area contributed by atoms with Crippen LogP contribution in [0.2, 0.25) is 0 Å². The minimum Gasteiger partial charge on any atom is -0.497 e. The molecule has 9 heteroatoms. The van der Waals surface area contributed by atoms with E-state index >= 15 is 0 Å². The number of benzene rings is 1. The van der Waals surface area contributed by atoms with E-state index in [9.17, 15) is 12.8 Å². The number of halogens is 1. The fraction of sp³-hybridized carbons (Fsp3) is 0.450. The zero-order chi connectivity index (χ0) is 20.4. The second-order valence-electron chi connectivity index (χ2n) is 7.35. The molecule has 1 aromatic carbocycles. The number of hydrogen-bond donors (Lipinski definition) is 0. The molecular weight excluding hydrogens is 397 g/mol. The molecule has 2 fully saturated rings. The van der Waals surface area contributed by atoms with Gasteiger partial charge in [0.1, 0.15) is 11.6 Å². The Bertz CT molecular complexity index is 954. The van der Waals surface area contributed by atoms with Crippen LogP contribution in [0.1, 0.15) is 11.1 Å². The van der Waals surface area contributed by atoms with Gasteiger partial charge in [-0.2, -0.15) is 4.31 Å². The normalized spacial score (nSPS) is 24.8. The van der Waals surface area contributed by atoms with Crippen LogP contribution < -0.4 is 4.74 Å². The summed E-state index contributed by atoms with van der Waals surface area (Å²) in [5.74, 6) is 0.332. The Labute approximate surface area is 170 Å². The Morgan fingerprint density at radius 2 is 2.00 bits per heavy atom. The van der Waals surface area contributed by atoms with Gasteiger partial charge in [-0.3, -0.25) is 9.88 Å². The van der Waals surface area contributed by atoms with Gasteiger partial charge in [-0.25, -0.2) is 12.8 Å². The first kappa shape index (κ1) is 20.2. The predicted octanol–water partition coefficient (Wildman–Crippen LogP) is 1.64. The van der Waals surface area contributed by atoms with E-state index in [4.69, 9.17) is 9.47 Å². The summed E-state index contributed by atoms with van der Waals surface area (Å²) in [5.41, 5.74) is 1.43. The molecule has 7 nitrogen and oxygen atoms in total. The van der Waals surface area contributed by atoms with Crippen LogP contribution >= 0.6 is 0 Å². The van der Waals surface area contributed by atoms with Crippen molar-refractivity contribution in [1.82, 2.24) is 14.2 Å². The van der Waals surface area contributed by atoms with Gasteiger partial charge in [-0.15, -0.1) is 0 Å². The van der Waals surface area contributed by atoms with Gasteiger partial charge in [-0.1, -0.05) is 12.1 Å². The molecule has 2 aromatic rings. The molecule has 0 spiro atoms. The standard InChI is InChI=1S/C20H24FN3O4S/c1-27-17-4-2-15(3-5-17)11-24-19-13-23(12-16-6-7-22-10-18(16)21)14-20(19)28-8-9-29(24,25)26/h2-7,10,19-20H,8-9,11-14H2,1H3/t19-,20+/m1/s1. The van der Waals surface area contributed by atoms with Crippen molar-refractivity contribution in [2.24, 2.45) is 0 Å². The van der Waals surface area contributed by atoms with Crippen LogP contribution in [0, 0.1) is 5.82 Å². The largest absolute Gasteiger partial charge is 0.497 e. The number of sulfonamides is 1. The van der Waals surface area contributed by atoms with E-state index in [-0.39, 0.29) is 36.9 Å². The van der Waals surface area contributed by atoms with Crippen molar-refractivity contribution < 1.29 is 22.3 Å². The molecule has 0 amide bonds. The van der Waals surface area contributed by atoms with E-state index < -0.39 is 10.0 Å². The predicted molar refractivity (Wildman–Crippen MR) is 105 cm³/mol. The number of likely N-dealkylation sites (tertiary alicyclic amines) is 1. The summed E-state index contributed by atoms with van der Waals surface area (Å²) >= 11 is 0. The van der Waals surface area contributed by atoms with Gasteiger partial charge in [0, 0.05) is 37.9 Å². The maximum Gasteiger partial charge on any atom is 0.217 e. The summed E-state index contributed by atoms with van der Waals surface area (Å²) in [6, 6.07) is 8.72. The fourth-order valence-electron chi connectivity index (χ4n) is 3.93. The second-order valence-corrected chi connectivity index (χ2v) is 9.39. The average molecular weight is 421 g/mol. The number of aromatic nitrogens is 1. The van der Waals surface area contributed by atoms with E-state index in [0.29, 0.717) is 25.2 Å². The third-order valence-corrected chi connectivity index (χ3v) is 7.26. The zero-order valence-electron chi connectivity index (χ0n) is 16.2. The number of hydrogen-bond acceptors (Lipinski definition) is 6. The lowest BCUT2D eigenvalue weighted by molar-refractivity contribution is 0.0458. The molecule has 2 atom stereocenters. The third kappa shape index (κ3) is 4.42. The molecule has 29 heavy (non-hydrogen) atoms. The Morgan fingerprint density at radius 1 is 1.21 bits per heavy atom. The average Bonchev–Trinajstić information content (AvgIpc) is 3.05. The first-order chi connectivity index (χ1) is 14.0. The SMILES string of the molecule is COc1ccc(CN2[C@@H]3CN(Cc4ccncc4F)C[C@@H]3OCCS2(=O)=O)cc1. The van der Waals surface area contributed by atoms with Gasteiger partial charge < -0.3 is 9.47 Å². The van der Waals surface area contributed by atoms with Crippen LogP contribution in [-0.4, -0.2) is 67.3 Å². The van der Waals surface area contributed by atoms with Crippen molar-refractivity contribution >= 4 is 10.0 Å². The van der Waals surface area contributed by atoms with Crippen LogP contribution in [0.25, 0.3) is 0 Å². The van der Waals surface area contributed by atoms with Gasteiger partial charge in [-0.05, 0) is 23.8 Å². The number of ether oxygens (including phenoxy) is 2. The van der Waals surface area contributed by atoms with Crippen molar-refractivity contribution in [3.8, 4) is 5.75 Å². The Morgan fingerprint density at radius 3 is 2.72 bits per heavy atom. The van der Waals surface area contributed by atoms with E-state index in [1.54, 1.807) is 23.7 Å². The summed E-state index contributed by atoms with van der Waals surface area (Å²) in [7, 11) is -1.87. The molecule has 4 rings (SSSR count). The van der Waals surface area contributed by atoms with Gasteiger partial charge in [0.05, 0.1) is 37.8 Å². The topological polar surface area (TPSA) is 72.0 Å². The molecule has 0 bridgehead atoms. The molecule has 0 radical (unpaired) electrons. The van der Waals surface area contributed by atoms with E-state index in [1.165, 1.54) is 6.20 Å². The van der Waals surface area contributed by atoms with Gasteiger partial charge in [0.25, 0.3) is 0 Å². The molecule has 1 aromatic heterocycles. The fourth-order valence-corrected chi connectivity index (χ4v) is 5.43. The number of rotatable bonds is 5. The summed E-state index contributed by atoms with van der Waals surface area (Å²) in [5, 5.41) is 0. The molecule has 0 N–H and O–H groups in total. The first-order valence-corrected chi connectivity index (χ1v) is 11.1. The monoisotopic (exact) mass is 421 g/mol. The summed E-state index contributed by atoms with van der Waals surface area (Å²) in [6.07, 6.45) is 2.51. The lowest BCUT2D eigenvalue weighted by Gasteiger charge is -2.28. The highest BCUT2D eigenvalue weighted by Gasteiger charge is 2.44. The van der Waals surface area contributed by atoms with Crippen molar-refractivity contribution in [3.63, 3.8) is 0 Å². The highest BCUT2D eigenvalue weighted by molar-refractivity contribution is 7.89. The van der Waals surface area contributed by atoms with Crippen LogP contribution in [0.15, 0.2) is 42.7 Å². The summed E-state index contributed by atoms with van der Waals surface area (Å²) in [4.78, 5) is 5.82. The Balaban J connectivity index is 1.54. The molecule has 156 valence electrons. The zero-order valence-corrected chi connectivity index (χ0v) is 17.0. The van der Waals surface area contributed by atoms with E-state index in [0.717, 1.165) is 11.3 Å². The van der Waals surface area contributed by atoms with Gasteiger partial charge in [0.15, 0.2) is 0 Å². The van der Waals surface area contributed by atoms with Crippen molar-refractivity contribution in [3.05, 3.63) is 59.7 Å². The van der Waals surface area contributed by atoms with Crippen molar-refractivity contribution in [1.29, 1.82) is 0 Å². The third-order valence-electron chi connectivity index (χ3n) is 5.46. The molecule has 2 saturated heterocycles. The second kappa shape index (κ2) is 8.35.